The first-order valence-electron chi connectivity index (χ1n) is 11.6. The van der Waals surface area contributed by atoms with Crippen LogP contribution < -0.4 is 5.32 Å². The highest BCUT2D eigenvalue weighted by molar-refractivity contribution is 6.35. The van der Waals surface area contributed by atoms with Crippen LogP contribution in [0.3, 0.4) is 0 Å². The molecule has 0 aromatic heterocycles. The van der Waals surface area contributed by atoms with E-state index in [9.17, 15) is 14.0 Å². The molecule has 0 unspecified atom stereocenters. The van der Waals surface area contributed by atoms with Crippen molar-refractivity contribution in [2.45, 2.75) is 51.7 Å². The molecule has 0 fully saturated rings. The van der Waals surface area contributed by atoms with Gasteiger partial charge in [0.2, 0.25) is 11.8 Å². The van der Waals surface area contributed by atoms with Gasteiger partial charge in [-0.2, -0.15) is 0 Å². The largest absolute Gasteiger partial charge is 0.352 e. The summed E-state index contributed by atoms with van der Waals surface area (Å²) >= 11 is 12.5. The molecule has 2 atom stereocenters. The number of benzene rings is 3. The monoisotopic (exact) mass is 514 g/mol. The molecule has 3 aromatic carbocycles. The first kappa shape index (κ1) is 26.7. The van der Waals surface area contributed by atoms with Crippen molar-refractivity contribution in [2.75, 3.05) is 0 Å². The van der Waals surface area contributed by atoms with Gasteiger partial charge in [0, 0.05) is 29.1 Å². The van der Waals surface area contributed by atoms with Crippen LogP contribution in [0.5, 0.6) is 0 Å². The van der Waals surface area contributed by atoms with Gasteiger partial charge in [0.1, 0.15) is 11.9 Å². The summed E-state index contributed by atoms with van der Waals surface area (Å²) in [6.07, 6.45) is 0.868. The van der Waals surface area contributed by atoms with E-state index in [1.807, 2.05) is 44.2 Å². The fraction of sp³-hybridized carbons (Fsp3) is 0.286. The van der Waals surface area contributed by atoms with Crippen molar-refractivity contribution >= 4 is 35.0 Å². The quantitative estimate of drug-likeness (QED) is 0.348. The Kier molecular flexibility index (Phi) is 9.70. The van der Waals surface area contributed by atoms with Gasteiger partial charge >= 0.3 is 0 Å². The van der Waals surface area contributed by atoms with Crippen LogP contribution >= 0.6 is 23.2 Å². The first-order chi connectivity index (χ1) is 16.8. The maximum Gasteiger partial charge on any atom is 0.243 e. The van der Waals surface area contributed by atoms with E-state index in [2.05, 4.69) is 5.32 Å². The van der Waals surface area contributed by atoms with Gasteiger partial charge in [0.15, 0.2) is 0 Å². The van der Waals surface area contributed by atoms with Crippen molar-refractivity contribution in [2.24, 2.45) is 0 Å². The van der Waals surface area contributed by atoms with Crippen LogP contribution in [0.1, 0.15) is 37.0 Å². The zero-order valence-electron chi connectivity index (χ0n) is 19.8. The minimum atomic E-state index is -0.822. The normalized spacial score (nSPS) is 12.6. The van der Waals surface area contributed by atoms with Crippen LogP contribution in [0.25, 0.3) is 0 Å². The van der Waals surface area contributed by atoms with E-state index in [0.717, 1.165) is 12.0 Å². The predicted octanol–water partition coefficient (Wildman–Crippen LogP) is 6.23. The molecule has 2 amide bonds. The summed E-state index contributed by atoms with van der Waals surface area (Å²) in [6, 6.07) is 19.8. The minimum Gasteiger partial charge on any atom is -0.352 e. The van der Waals surface area contributed by atoms with Gasteiger partial charge in [0.05, 0.1) is 6.42 Å². The van der Waals surface area contributed by atoms with Gasteiger partial charge in [0.25, 0.3) is 0 Å². The molecule has 3 aromatic rings. The van der Waals surface area contributed by atoms with Gasteiger partial charge in [-0.05, 0) is 48.2 Å². The molecule has 0 aliphatic carbocycles. The molecule has 0 aliphatic heterocycles. The summed E-state index contributed by atoms with van der Waals surface area (Å²) in [5.41, 5.74) is 1.82. The van der Waals surface area contributed by atoms with Gasteiger partial charge in [-0.25, -0.2) is 4.39 Å². The van der Waals surface area contributed by atoms with Crippen molar-refractivity contribution in [3.63, 3.8) is 0 Å². The Morgan fingerprint density at radius 3 is 2.31 bits per heavy atom. The predicted molar refractivity (Wildman–Crippen MR) is 139 cm³/mol. The van der Waals surface area contributed by atoms with Crippen LogP contribution in [-0.2, 0) is 29.0 Å². The van der Waals surface area contributed by atoms with Crippen molar-refractivity contribution in [3.8, 4) is 0 Å². The summed E-state index contributed by atoms with van der Waals surface area (Å²) in [5, 5.41) is 3.87. The molecule has 0 aliphatic rings. The topological polar surface area (TPSA) is 49.4 Å². The van der Waals surface area contributed by atoms with Crippen LogP contribution in [0, 0.1) is 5.82 Å². The SMILES string of the molecule is CC[C@@H](C)NC(=O)[C@H](Cc1ccccc1)N(Cc1ccc(Cl)cc1Cl)C(=O)Cc1ccccc1F. The van der Waals surface area contributed by atoms with Crippen molar-refractivity contribution in [1.29, 1.82) is 0 Å². The van der Waals surface area contributed by atoms with E-state index in [4.69, 9.17) is 23.2 Å². The summed E-state index contributed by atoms with van der Waals surface area (Å²) in [6.45, 7) is 3.97. The average molecular weight is 515 g/mol. The van der Waals surface area contributed by atoms with Crippen molar-refractivity contribution < 1.29 is 14.0 Å². The lowest BCUT2D eigenvalue weighted by Crippen LogP contribution is -2.52. The molecule has 0 saturated carbocycles. The van der Waals surface area contributed by atoms with E-state index >= 15 is 0 Å². The molecule has 7 heteroatoms. The second-order valence-electron chi connectivity index (χ2n) is 8.55. The summed E-state index contributed by atoms with van der Waals surface area (Å²) < 4.78 is 14.4. The molecule has 35 heavy (non-hydrogen) atoms. The van der Waals surface area contributed by atoms with Crippen molar-refractivity contribution in [1.82, 2.24) is 10.2 Å². The molecular formula is C28H29Cl2FN2O2. The van der Waals surface area contributed by atoms with Crippen LogP contribution in [0.4, 0.5) is 4.39 Å². The highest BCUT2D eigenvalue weighted by atomic mass is 35.5. The summed E-state index contributed by atoms with van der Waals surface area (Å²) in [4.78, 5) is 28.6. The Hall–Kier alpha value is -2.89. The lowest BCUT2D eigenvalue weighted by molar-refractivity contribution is -0.141. The second kappa shape index (κ2) is 12.7. The standard InChI is InChI=1S/C28H29Cl2FN2O2/c1-3-19(2)32-28(35)26(15-20-9-5-4-6-10-20)33(18-22-13-14-23(29)17-24(22)30)27(34)16-21-11-7-8-12-25(21)31/h4-14,17,19,26H,3,15-16,18H2,1-2H3,(H,32,35)/t19-,26+/m1/s1. The third-order valence-electron chi connectivity index (χ3n) is 5.93. The molecule has 184 valence electrons. The van der Waals surface area contributed by atoms with Gasteiger partial charge in [-0.3, -0.25) is 9.59 Å². The Morgan fingerprint density at radius 1 is 0.971 bits per heavy atom. The molecule has 0 heterocycles. The third-order valence-corrected chi connectivity index (χ3v) is 6.51. The number of nitrogens with zero attached hydrogens (tertiary/aromatic N) is 1. The molecule has 0 radical (unpaired) electrons. The lowest BCUT2D eigenvalue weighted by Gasteiger charge is -2.32. The Balaban J connectivity index is 2.01. The first-order valence-corrected chi connectivity index (χ1v) is 12.3. The molecular weight excluding hydrogens is 486 g/mol. The molecule has 0 spiro atoms. The van der Waals surface area contributed by atoms with E-state index in [0.29, 0.717) is 22.0 Å². The van der Waals surface area contributed by atoms with E-state index < -0.39 is 11.9 Å². The second-order valence-corrected chi connectivity index (χ2v) is 9.39. The highest BCUT2D eigenvalue weighted by Crippen LogP contribution is 2.25. The van der Waals surface area contributed by atoms with Crippen LogP contribution in [0.15, 0.2) is 72.8 Å². The van der Waals surface area contributed by atoms with Crippen molar-refractivity contribution in [3.05, 3.63) is 105 Å². The van der Waals surface area contributed by atoms with E-state index in [-0.39, 0.29) is 36.4 Å². The number of carbonyl (C=O) groups excluding carboxylic acids is 2. The molecule has 4 nitrogen and oxygen atoms in total. The van der Waals surface area contributed by atoms with Crippen LogP contribution in [0.2, 0.25) is 10.0 Å². The minimum absolute atomic E-state index is 0.0663. The van der Waals surface area contributed by atoms with Gasteiger partial charge < -0.3 is 10.2 Å². The van der Waals surface area contributed by atoms with E-state index in [1.54, 1.807) is 36.4 Å². The average Bonchev–Trinajstić information content (AvgIpc) is 2.84. The maximum absolute atomic E-state index is 14.4. The van der Waals surface area contributed by atoms with Gasteiger partial charge in [-0.15, -0.1) is 0 Å². The molecule has 1 N–H and O–H groups in total. The number of hydrogen-bond donors (Lipinski definition) is 1. The number of rotatable bonds is 10. The molecule has 0 bridgehead atoms. The zero-order chi connectivity index (χ0) is 25.4. The number of nitrogens with one attached hydrogen (secondary N) is 1. The Morgan fingerprint density at radius 2 is 1.66 bits per heavy atom. The smallest absolute Gasteiger partial charge is 0.243 e. The third kappa shape index (κ3) is 7.55. The molecule has 3 rings (SSSR count). The zero-order valence-corrected chi connectivity index (χ0v) is 21.3. The number of halogens is 3. The summed E-state index contributed by atoms with van der Waals surface area (Å²) in [5.74, 6) is -1.11. The lowest BCUT2D eigenvalue weighted by atomic mass is 10.0. The number of amides is 2. The highest BCUT2D eigenvalue weighted by Gasteiger charge is 2.31. The Labute approximate surface area is 216 Å². The number of hydrogen-bond acceptors (Lipinski definition) is 2. The fourth-order valence-electron chi connectivity index (χ4n) is 3.73. The Bertz CT molecular complexity index is 1160. The van der Waals surface area contributed by atoms with Crippen LogP contribution in [-0.4, -0.2) is 28.8 Å². The number of carbonyl (C=O) groups is 2. The maximum atomic E-state index is 14.4. The van der Waals surface area contributed by atoms with E-state index in [1.165, 1.54) is 11.0 Å². The fourth-order valence-corrected chi connectivity index (χ4v) is 4.20. The summed E-state index contributed by atoms with van der Waals surface area (Å²) in [7, 11) is 0. The molecule has 0 saturated heterocycles. The van der Waals surface area contributed by atoms with Gasteiger partial charge in [-0.1, -0.05) is 84.7 Å².